The average molecular weight is 359 g/mol. The first-order valence-corrected chi connectivity index (χ1v) is 12.3. The first kappa shape index (κ1) is 17.8. The molecule has 0 aliphatic carbocycles. The van der Waals surface area contributed by atoms with Gasteiger partial charge in [0.1, 0.15) is 12.5 Å². The number of hydrogen-bond donors (Lipinski definition) is 0. The molecule has 0 spiro atoms. The normalized spacial score (nSPS) is 12.2. The van der Waals surface area contributed by atoms with E-state index in [1.54, 1.807) is 11.7 Å². The smallest absolute Gasteiger partial charge is 0.262 e. The summed E-state index contributed by atoms with van der Waals surface area (Å²) < 4.78 is 14.9. The van der Waals surface area contributed by atoms with Crippen molar-refractivity contribution in [2.75, 3.05) is 13.7 Å². The molecule has 0 fully saturated rings. The lowest BCUT2D eigenvalue weighted by molar-refractivity contribution is 0.0882. The van der Waals surface area contributed by atoms with Crippen LogP contribution in [0.25, 0.3) is 21.8 Å². The van der Waals surface area contributed by atoms with Crippen molar-refractivity contribution in [2.45, 2.75) is 32.4 Å². The minimum Gasteiger partial charge on any atom is -0.497 e. The molecule has 0 aliphatic heterocycles. The van der Waals surface area contributed by atoms with E-state index in [0.717, 1.165) is 28.2 Å². The Hall–Kier alpha value is -2.05. The molecule has 25 heavy (non-hydrogen) atoms. The largest absolute Gasteiger partial charge is 0.497 e. The summed E-state index contributed by atoms with van der Waals surface area (Å²) in [4.78, 5) is 12.9. The van der Waals surface area contributed by atoms with E-state index in [0.29, 0.717) is 12.0 Å². The summed E-state index contributed by atoms with van der Waals surface area (Å²) in [6, 6.07) is 8.75. The van der Waals surface area contributed by atoms with Crippen LogP contribution in [-0.2, 0) is 18.5 Å². The van der Waals surface area contributed by atoms with Gasteiger partial charge in [0.25, 0.3) is 5.56 Å². The molecule has 0 bridgehead atoms. The quantitative estimate of drug-likeness (QED) is 0.497. The van der Waals surface area contributed by atoms with Crippen molar-refractivity contribution in [3.8, 4) is 5.75 Å². The minimum atomic E-state index is -1.15. The molecule has 0 unspecified atom stereocenters. The van der Waals surface area contributed by atoms with Crippen LogP contribution in [0.1, 0.15) is 0 Å². The lowest BCUT2D eigenvalue weighted by Crippen LogP contribution is -2.25. The molecule has 1 aromatic carbocycles. The SMILES string of the molecule is COc1ccc2c(c1)c1c(ccn1C)c(=O)n2COCC[Si](C)(C)C. The van der Waals surface area contributed by atoms with E-state index < -0.39 is 8.07 Å². The van der Waals surface area contributed by atoms with Gasteiger partial charge in [0, 0.05) is 33.3 Å². The van der Waals surface area contributed by atoms with Crippen molar-refractivity contribution in [2.24, 2.45) is 7.05 Å². The van der Waals surface area contributed by atoms with Crippen LogP contribution >= 0.6 is 0 Å². The minimum absolute atomic E-state index is 0.0127. The average Bonchev–Trinajstić information content (AvgIpc) is 2.95. The van der Waals surface area contributed by atoms with Gasteiger partial charge in [-0.25, -0.2) is 0 Å². The van der Waals surface area contributed by atoms with Crippen LogP contribution in [0.15, 0.2) is 35.3 Å². The van der Waals surface area contributed by atoms with Crippen molar-refractivity contribution < 1.29 is 9.47 Å². The number of aryl methyl sites for hydroxylation is 1. The molecular formula is C19H26N2O3Si. The number of ether oxygens (including phenoxy) is 2. The van der Waals surface area contributed by atoms with Crippen LogP contribution in [-0.4, -0.2) is 30.9 Å². The molecule has 3 rings (SSSR count). The number of methoxy groups -OCH3 is 1. The third-order valence-corrected chi connectivity index (χ3v) is 6.22. The predicted octanol–water partition coefficient (Wildman–Crippen LogP) is 3.81. The summed E-state index contributed by atoms with van der Waals surface area (Å²) in [5, 5.41) is 1.70. The van der Waals surface area contributed by atoms with Gasteiger partial charge in [-0.05, 0) is 30.3 Å². The van der Waals surface area contributed by atoms with Crippen LogP contribution in [0.2, 0.25) is 25.7 Å². The highest BCUT2D eigenvalue weighted by Crippen LogP contribution is 2.27. The Morgan fingerprint density at radius 1 is 1.12 bits per heavy atom. The zero-order valence-corrected chi connectivity index (χ0v) is 16.6. The van der Waals surface area contributed by atoms with Crippen molar-refractivity contribution in [1.82, 2.24) is 9.13 Å². The zero-order chi connectivity index (χ0) is 18.2. The highest BCUT2D eigenvalue weighted by molar-refractivity contribution is 6.76. The van der Waals surface area contributed by atoms with E-state index in [4.69, 9.17) is 9.47 Å². The molecule has 0 amide bonds. The Kier molecular flexibility index (Phi) is 4.75. The highest BCUT2D eigenvalue weighted by atomic mass is 28.3. The fraction of sp³-hybridized carbons (Fsp3) is 0.421. The first-order chi connectivity index (χ1) is 11.8. The van der Waals surface area contributed by atoms with Crippen LogP contribution in [0.5, 0.6) is 5.75 Å². The second-order valence-corrected chi connectivity index (χ2v) is 13.3. The summed E-state index contributed by atoms with van der Waals surface area (Å²) in [5.41, 5.74) is 1.78. The molecule has 3 aromatic rings. The van der Waals surface area contributed by atoms with Gasteiger partial charge in [0.2, 0.25) is 0 Å². The van der Waals surface area contributed by atoms with Gasteiger partial charge in [-0.1, -0.05) is 19.6 Å². The second kappa shape index (κ2) is 6.69. The molecule has 2 heterocycles. The maximum absolute atomic E-state index is 12.9. The number of nitrogens with zero attached hydrogens (tertiary/aromatic N) is 2. The van der Waals surface area contributed by atoms with Crippen molar-refractivity contribution >= 4 is 29.9 Å². The number of fused-ring (bicyclic) bond motifs is 3. The van der Waals surface area contributed by atoms with Crippen LogP contribution < -0.4 is 10.3 Å². The van der Waals surface area contributed by atoms with Crippen molar-refractivity contribution in [3.05, 3.63) is 40.8 Å². The Bertz CT molecular complexity index is 967. The monoisotopic (exact) mass is 358 g/mol. The van der Waals surface area contributed by atoms with Crippen LogP contribution in [0, 0.1) is 0 Å². The summed E-state index contributed by atoms with van der Waals surface area (Å²) in [7, 11) is 2.46. The van der Waals surface area contributed by atoms with Crippen LogP contribution in [0.3, 0.4) is 0 Å². The standard InChI is InChI=1S/C19H26N2O3Si/c1-20-9-8-15-18(20)16-12-14(23-2)6-7-17(16)21(19(15)22)13-24-10-11-25(3,4)5/h6-9,12H,10-11,13H2,1-5H3. The van der Waals surface area contributed by atoms with E-state index in [9.17, 15) is 4.79 Å². The van der Waals surface area contributed by atoms with E-state index in [1.807, 2.05) is 42.1 Å². The fourth-order valence-corrected chi connectivity index (χ4v) is 3.78. The fourth-order valence-electron chi connectivity index (χ4n) is 3.02. The molecule has 0 atom stereocenters. The van der Waals surface area contributed by atoms with Gasteiger partial charge in [-0.15, -0.1) is 0 Å². The Morgan fingerprint density at radius 3 is 2.56 bits per heavy atom. The third-order valence-electron chi connectivity index (χ3n) is 4.51. The van der Waals surface area contributed by atoms with E-state index in [-0.39, 0.29) is 12.3 Å². The van der Waals surface area contributed by atoms with E-state index >= 15 is 0 Å². The molecule has 6 heteroatoms. The molecule has 0 saturated heterocycles. The van der Waals surface area contributed by atoms with Gasteiger partial charge >= 0.3 is 0 Å². The van der Waals surface area contributed by atoms with Gasteiger partial charge in [-0.3, -0.25) is 9.36 Å². The predicted molar refractivity (Wildman–Crippen MR) is 105 cm³/mol. The van der Waals surface area contributed by atoms with Gasteiger partial charge in [0.15, 0.2) is 0 Å². The molecule has 134 valence electrons. The summed E-state index contributed by atoms with van der Waals surface area (Å²) >= 11 is 0. The zero-order valence-electron chi connectivity index (χ0n) is 15.6. The van der Waals surface area contributed by atoms with Crippen LogP contribution in [0.4, 0.5) is 0 Å². The van der Waals surface area contributed by atoms with E-state index in [2.05, 4.69) is 19.6 Å². The molecule has 0 N–H and O–H groups in total. The topological polar surface area (TPSA) is 45.4 Å². The molecule has 0 aliphatic rings. The summed E-state index contributed by atoms with van der Waals surface area (Å²) in [5.74, 6) is 0.778. The number of aromatic nitrogens is 2. The number of hydrogen-bond acceptors (Lipinski definition) is 3. The Morgan fingerprint density at radius 2 is 1.88 bits per heavy atom. The van der Waals surface area contributed by atoms with Gasteiger partial charge in [-0.2, -0.15) is 0 Å². The van der Waals surface area contributed by atoms with Crippen molar-refractivity contribution in [3.63, 3.8) is 0 Å². The van der Waals surface area contributed by atoms with Crippen molar-refractivity contribution in [1.29, 1.82) is 0 Å². The van der Waals surface area contributed by atoms with Gasteiger partial charge in [0.05, 0.1) is 23.5 Å². The molecule has 0 radical (unpaired) electrons. The third kappa shape index (κ3) is 3.50. The lowest BCUT2D eigenvalue weighted by atomic mass is 10.1. The summed E-state index contributed by atoms with van der Waals surface area (Å²) in [6.07, 6.45) is 1.92. The first-order valence-electron chi connectivity index (χ1n) is 8.55. The molecular weight excluding hydrogens is 332 g/mol. The van der Waals surface area contributed by atoms with Gasteiger partial charge < -0.3 is 14.0 Å². The number of benzene rings is 1. The maximum atomic E-state index is 12.9. The molecule has 2 aromatic heterocycles. The Balaban J connectivity index is 2.07. The molecule has 5 nitrogen and oxygen atoms in total. The van der Waals surface area contributed by atoms with E-state index in [1.165, 1.54) is 0 Å². The Labute approximate surface area is 148 Å². The maximum Gasteiger partial charge on any atom is 0.262 e. The molecule has 0 saturated carbocycles. The lowest BCUT2D eigenvalue weighted by Gasteiger charge is -2.17. The number of pyridine rings is 1. The second-order valence-electron chi connectivity index (χ2n) is 7.65. The number of rotatable bonds is 6. The highest BCUT2D eigenvalue weighted by Gasteiger charge is 2.15. The summed E-state index contributed by atoms with van der Waals surface area (Å²) in [6.45, 7) is 7.92.